The van der Waals surface area contributed by atoms with Gasteiger partial charge in [-0.2, -0.15) is 79.0 Å². The molecule has 14 aromatic rings. The van der Waals surface area contributed by atoms with Crippen LogP contribution in [-0.4, -0.2) is 118 Å². The van der Waals surface area contributed by atoms with E-state index < -0.39 is 112 Å². The summed E-state index contributed by atoms with van der Waals surface area (Å²) in [6.07, 6.45) is 7.02. The SMILES string of the molecule is CC1=C(C2=C(C3=C(C)c4ccc(/C=C/c5ccc(N(C)C)cc5)cc4S3(=O)=O)C(F)(F)C(F)(F)C2(F)F)Cc2cc(/C=C/c3ccc(N(C)C)cc3)ccc21.CCc1cc(-c2ccc(OC)cc2)sc1C1=C(c2sc(-c3ccc(OC)cc3)cc2CC)C(F)(F)C(F)(F)C1(F)F.COc1ccc(-c2ccc3c(C)c(C4=C(c5sc6cc(-c7ccc(OC)cc7)ccc6c5C)C(F)(F)C(F)(F)C4(F)F)sc3c2)cc1. The Bertz CT molecular complexity index is 7470. The number of aryl methyl sites for hydroxylation is 4. The number of nitrogens with zero attached hydrogens (tertiary/aromatic N) is 2. The maximum Gasteiger partial charge on any atom is 0.380 e. The third-order valence-electron chi connectivity index (χ3n) is 26.7. The Morgan fingerprint density at radius 2 is 0.643 bits per heavy atom. The van der Waals surface area contributed by atoms with Crippen molar-refractivity contribution < 1.29 is 106 Å². The van der Waals surface area contributed by atoms with Crippen LogP contribution in [0.15, 0.2) is 257 Å². The first kappa shape index (κ1) is 102. The number of alkyl halides is 18. The molecule has 0 bridgehead atoms. The van der Waals surface area contributed by atoms with Gasteiger partial charge < -0.3 is 28.7 Å². The molecule has 0 fully saturated rings. The molecule has 0 N–H and O–H groups in total. The average Bonchev–Trinajstić information content (AvgIpc) is 1.52. The highest BCUT2D eigenvalue weighted by molar-refractivity contribution is 7.96. The number of allylic oxidation sites excluding steroid dienone is 9. The lowest BCUT2D eigenvalue weighted by atomic mass is 9.93. The molecule has 0 saturated carbocycles. The zero-order valence-electron chi connectivity index (χ0n) is 79.1. The predicted molar refractivity (Wildman–Crippen MR) is 542 cm³/mol. The summed E-state index contributed by atoms with van der Waals surface area (Å²) in [5.41, 5.74) is 1.74. The molecular weight excluding hydrogens is 1970 g/mol. The first-order chi connectivity index (χ1) is 67.5. The number of hydrogen-bond acceptors (Lipinski definition) is 12. The van der Waals surface area contributed by atoms with Gasteiger partial charge in [-0.1, -0.05) is 141 Å². The number of methoxy groups -OCH3 is 4. The molecule has 8 nitrogen and oxygen atoms in total. The van der Waals surface area contributed by atoms with Crippen LogP contribution >= 0.6 is 45.3 Å². The van der Waals surface area contributed by atoms with E-state index in [1.165, 1.54) is 54.0 Å². The van der Waals surface area contributed by atoms with Gasteiger partial charge in [-0.05, 0) is 296 Å². The summed E-state index contributed by atoms with van der Waals surface area (Å²) >= 11 is 3.27. The highest BCUT2D eigenvalue weighted by Gasteiger charge is 2.84. The number of sulfone groups is 1. The molecule has 10 aromatic carbocycles. The van der Waals surface area contributed by atoms with Crippen molar-refractivity contribution in [3.63, 3.8) is 0 Å². The summed E-state index contributed by atoms with van der Waals surface area (Å²) in [7, 11) is 8.77. The van der Waals surface area contributed by atoms with Gasteiger partial charge in [-0.3, -0.25) is 0 Å². The lowest BCUT2D eigenvalue weighted by molar-refractivity contribution is -0.263. The number of anilines is 2. The fraction of sp³-hybridized carbons (Fsp3) is 0.232. The van der Waals surface area contributed by atoms with Gasteiger partial charge in [0, 0.05) is 83.8 Å². The van der Waals surface area contributed by atoms with Crippen LogP contribution in [0.3, 0.4) is 0 Å². The number of benzene rings is 10. The van der Waals surface area contributed by atoms with Crippen LogP contribution < -0.4 is 28.7 Å². The first-order valence-electron chi connectivity index (χ1n) is 44.9. The summed E-state index contributed by atoms with van der Waals surface area (Å²) in [5, 5.41) is 1.06. The van der Waals surface area contributed by atoms with Gasteiger partial charge >= 0.3 is 53.3 Å². The molecule has 0 unspecified atom stereocenters. The molecule has 19 rings (SSSR count). The van der Waals surface area contributed by atoms with Crippen molar-refractivity contribution in [2.75, 3.05) is 66.4 Å². The Morgan fingerprint density at radius 1 is 0.329 bits per heavy atom. The molecule has 0 amide bonds. The van der Waals surface area contributed by atoms with Gasteiger partial charge in [-0.15, -0.1) is 45.3 Å². The highest BCUT2D eigenvalue weighted by Crippen LogP contribution is 2.71. The van der Waals surface area contributed by atoms with Crippen molar-refractivity contribution in [1.82, 2.24) is 0 Å². The van der Waals surface area contributed by atoms with Crippen LogP contribution in [0.1, 0.15) is 108 Å². The lowest BCUT2D eigenvalue weighted by Crippen LogP contribution is -2.49. The average molecular weight is 2060 g/mol. The minimum absolute atomic E-state index is 0.0168. The van der Waals surface area contributed by atoms with Crippen molar-refractivity contribution in [3.05, 3.63) is 333 Å². The zero-order valence-corrected chi connectivity index (χ0v) is 83.1. The zero-order chi connectivity index (χ0) is 103. The van der Waals surface area contributed by atoms with Crippen LogP contribution in [0.5, 0.6) is 23.0 Å². The van der Waals surface area contributed by atoms with E-state index in [0.29, 0.717) is 97.4 Å². The minimum atomic E-state index is -5.91. The quantitative estimate of drug-likeness (QED) is 0.0491. The first-order valence-corrected chi connectivity index (χ1v) is 49.6. The van der Waals surface area contributed by atoms with Crippen molar-refractivity contribution in [3.8, 4) is 66.1 Å². The third-order valence-corrected chi connectivity index (χ3v) is 33.7. The summed E-state index contributed by atoms with van der Waals surface area (Å²) < 4.78 is 332. The van der Waals surface area contributed by atoms with Crippen LogP contribution in [0, 0.1) is 13.8 Å². The van der Waals surface area contributed by atoms with E-state index >= 15 is 79.0 Å². The maximum absolute atomic E-state index is 16.1. The number of thiophene rings is 4. The second-order valence-corrected chi connectivity index (χ2v) is 41.6. The normalized spacial score (nSPS) is 17.8. The van der Waals surface area contributed by atoms with Crippen LogP contribution in [0.4, 0.5) is 90.4 Å². The molecule has 0 atom stereocenters. The van der Waals surface area contributed by atoms with E-state index in [1.54, 1.807) is 192 Å². The number of halogens is 18. The van der Waals surface area contributed by atoms with Crippen molar-refractivity contribution in [2.45, 2.75) is 119 Å². The summed E-state index contributed by atoms with van der Waals surface area (Å²) in [6, 6.07) is 66.2. The number of rotatable bonds is 22. The molecule has 1 aliphatic heterocycles. The second kappa shape index (κ2) is 37.4. The Labute approximate surface area is 829 Å². The molecule has 143 heavy (non-hydrogen) atoms. The fourth-order valence-corrected chi connectivity index (χ4v) is 26.0. The van der Waals surface area contributed by atoms with Crippen molar-refractivity contribution >= 4 is 144 Å². The van der Waals surface area contributed by atoms with Gasteiger partial charge in [0.05, 0.1) is 66.1 Å². The number of fused-ring (bicyclic) bond motifs is 4. The molecule has 0 spiro atoms. The molecule has 5 aliphatic rings. The van der Waals surface area contributed by atoms with Crippen LogP contribution in [0.2, 0.25) is 0 Å². The predicted octanol–water partition coefficient (Wildman–Crippen LogP) is 33.0. The van der Waals surface area contributed by atoms with Gasteiger partial charge in [-0.25, -0.2) is 8.42 Å². The lowest BCUT2D eigenvalue weighted by Gasteiger charge is -2.26. The van der Waals surface area contributed by atoms with E-state index in [9.17, 15) is 8.42 Å². The largest absolute Gasteiger partial charge is 0.497 e. The summed E-state index contributed by atoms with van der Waals surface area (Å²) in [4.78, 5) is 2.20. The fourth-order valence-electron chi connectivity index (χ4n) is 18.6. The second-order valence-electron chi connectivity index (χ2n) is 35.6. The molecule has 4 aliphatic carbocycles. The smallest absolute Gasteiger partial charge is 0.380 e. The molecule has 31 heteroatoms. The highest BCUT2D eigenvalue weighted by atomic mass is 32.2. The Morgan fingerprint density at radius 3 is 1.00 bits per heavy atom. The molecule has 5 heterocycles. The van der Waals surface area contributed by atoms with E-state index in [0.717, 1.165) is 90.1 Å². The standard InChI is InChI=1S/C44H38F6N2O2S.C37H26F6O2S2.C31H26F6O2S2/c1-26-35-21-15-30(9-7-28-11-17-33(18-12-28)51(3)4)23-32(35)25-37(26)39-40(43(47,48)44(49,50)42(39,45)46)41-27(2)36-22-16-31(24-38(36)55(41,53)54)10-8-29-13-19-34(20-14-29)52(5)6;1-19-27-15-9-23(21-5-11-25(44-3)12-6-21)17-29(27)46-33(19)31-32(36(40,41)37(42,43)35(31,38)39)34-20(2)28-16-10-24(18-30(28)47-34)22-7-13-26(45-4)14-8-22;1-5-17-15-23(19-7-11-21(38-3)12-8-19)40-27(17)25-26(30(34,35)31(36,37)29(25,32)33)28-18(6-2)16-24(41-28)20-9-13-22(39-4)14-10-20/h7-24H,25H2,1-6H3;5-18H,1-4H3;7-16H,5-6H2,1-4H3/b9-7+,10-8+;;. The summed E-state index contributed by atoms with van der Waals surface area (Å²) in [5.74, 6) is -46.1. The van der Waals surface area contributed by atoms with Gasteiger partial charge in [0.1, 0.15) is 23.0 Å². The maximum atomic E-state index is 16.1. The van der Waals surface area contributed by atoms with E-state index in [1.807, 2.05) is 117 Å². The Hall–Kier alpha value is -12.8. The molecule has 4 aromatic heterocycles. The molecular formula is C112H90F18N2O6S5. The van der Waals surface area contributed by atoms with E-state index in [2.05, 4.69) is 0 Å². The van der Waals surface area contributed by atoms with E-state index in [-0.39, 0.29) is 66.6 Å². The van der Waals surface area contributed by atoms with Gasteiger partial charge in [0.15, 0.2) is 0 Å². The Kier molecular flexibility index (Phi) is 26.6. The van der Waals surface area contributed by atoms with Gasteiger partial charge in [0.25, 0.3) is 0 Å². The minimum Gasteiger partial charge on any atom is -0.497 e. The number of ether oxygens (including phenoxy) is 4. The molecule has 0 radical (unpaired) electrons. The van der Waals surface area contributed by atoms with E-state index in [4.69, 9.17) is 18.9 Å². The van der Waals surface area contributed by atoms with Crippen LogP contribution in [0.25, 0.3) is 121 Å². The van der Waals surface area contributed by atoms with Crippen LogP contribution in [-0.2, 0) is 29.1 Å². The number of hydrogen-bond donors (Lipinski definition) is 0. The van der Waals surface area contributed by atoms with Gasteiger partial charge in [0.2, 0.25) is 9.84 Å². The Balaban J connectivity index is 0.000000149. The summed E-state index contributed by atoms with van der Waals surface area (Å²) in [6.45, 7) is 8.97. The molecule has 740 valence electrons. The monoisotopic (exact) mass is 2060 g/mol. The molecule has 0 saturated heterocycles. The third kappa shape index (κ3) is 16.9. The topological polar surface area (TPSA) is 77.5 Å². The van der Waals surface area contributed by atoms with Crippen molar-refractivity contribution in [2.24, 2.45) is 0 Å². The van der Waals surface area contributed by atoms with Crippen molar-refractivity contribution in [1.29, 1.82) is 0 Å².